The van der Waals surface area contributed by atoms with Gasteiger partial charge in [0.05, 0.1) is 6.61 Å². The van der Waals surface area contributed by atoms with E-state index in [1.54, 1.807) is 17.9 Å². The Bertz CT molecular complexity index is 644. The Labute approximate surface area is 129 Å². The largest absolute Gasteiger partial charge is 0.492 e. The van der Waals surface area contributed by atoms with Gasteiger partial charge in [0.15, 0.2) is 0 Å². The Morgan fingerprint density at radius 1 is 1.48 bits per heavy atom. The molecule has 1 aliphatic heterocycles. The van der Waals surface area contributed by atoms with Gasteiger partial charge in [0.25, 0.3) is 15.0 Å². The maximum Gasteiger partial charge on any atom is 0.265 e. The Balaban J connectivity index is 2.40. The van der Waals surface area contributed by atoms with Crippen LogP contribution in [0.5, 0.6) is 5.75 Å². The fraction of sp³-hybridized carbons (Fsp3) is 0.500. The average molecular weight is 332 g/mol. The van der Waals surface area contributed by atoms with E-state index in [9.17, 15) is 13.2 Å². The molecule has 0 bridgehead atoms. The van der Waals surface area contributed by atoms with Crippen molar-refractivity contribution < 1.29 is 17.9 Å². The summed E-state index contributed by atoms with van der Waals surface area (Å²) in [6, 6.07) is 4.51. The second-order valence-electron chi connectivity index (χ2n) is 5.02. The maximum atomic E-state index is 12.5. The molecule has 7 heteroatoms. The Morgan fingerprint density at radius 2 is 2.19 bits per heavy atom. The molecule has 116 valence electrons. The van der Waals surface area contributed by atoms with Crippen molar-refractivity contribution in [2.75, 3.05) is 13.2 Å². The number of hydrogen-bond donors (Lipinski definition) is 0. The normalized spacial score (nSPS) is 18.8. The number of halogens is 1. The summed E-state index contributed by atoms with van der Waals surface area (Å²) in [4.78, 5) is 14.0. The molecule has 1 saturated heterocycles. The zero-order valence-corrected chi connectivity index (χ0v) is 13.6. The summed E-state index contributed by atoms with van der Waals surface area (Å²) in [5.74, 6) is -0.0110. The third kappa shape index (κ3) is 3.49. The minimum absolute atomic E-state index is 0.163. The first-order valence-electron chi connectivity index (χ1n) is 6.87. The lowest BCUT2D eigenvalue weighted by Gasteiger charge is -2.21. The first-order valence-corrected chi connectivity index (χ1v) is 9.18. The summed E-state index contributed by atoms with van der Waals surface area (Å²) >= 11 is 0. The molecular formula is C14H18ClNO4S. The molecule has 1 atom stereocenters. The molecule has 1 aromatic rings. The van der Waals surface area contributed by atoms with Crippen LogP contribution < -0.4 is 4.74 Å². The number of likely N-dealkylation sites (tertiary alicyclic amines) is 1. The molecule has 0 aromatic heterocycles. The van der Waals surface area contributed by atoms with E-state index in [2.05, 4.69) is 0 Å². The molecule has 2 rings (SSSR count). The van der Waals surface area contributed by atoms with Crippen molar-refractivity contribution >= 4 is 25.6 Å². The van der Waals surface area contributed by atoms with Crippen molar-refractivity contribution in [3.63, 3.8) is 0 Å². The number of rotatable bonds is 4. The smallest absolute Gasteiger partial charge is 0.265 e. The molecule has 0 spiro atoms. The number of hydrogen-bond acceptors (Lipinski definition) is 4. The van der Waals surface area contributed by atoms with Gasteiger partial charge in [0, 0.05) is 28.8 Å². The van der Waals surface area contributed by atoms with Gasteiger partial charge >= 0.3 is 0 Å². The molecule has 5 nitrogen and oxygen atoms in total. The lowest BCUT2D eigenvalue weighted by molar-refractivity contribution is 0.0747. The van der Waals surface area contributed by atoms with Crippen LogP contribution in [0, 0.1) is 0 Å². The topological polar surface area (TPSA) is 63.7 Å². The molecule has 0 aliphatic carbocycles. The number of amides is 1. The SMILES string of the molecule is CCOc1ccc(C(=O)N2CCCC2C)cc1S(=O)(=O)Cl. The summed E-state index contributed by atoms with van der Waals surface area (Å²) in [7, 11) is 1.46. The van der Waals surface area contributed by atoms with Gasteiger partial charge in [0.2, 0.25) is 0 Å². The first kappa shape index (κ1) is 16.1. The molecule has 21 heavy (non-hydrogen) atoms. The predicted octanol–water partition coefficient (Wildman–Crippen LogP) is 2.64. The molecular weight excluding hydrogens is 314 g/mol. The van der Waals surface area contributed by atoms with Gasteiger partial charge in [-0.05, 0) is 44.9 Å². The lowest BCUT2D eigenvalue weighted by Crippen LogP contribution is -2.33. The molecule has 1 amide bonds. The Morgan fingerprint density at radius 3 is 2.71 bits per heavy atom. The van der Waals surface area contributed by atoms with E-state index in [-0.39, 0.29) is 22.6 Å². The van der Waals surface area contributed by atoms with Crippen LogP contribution in [0.2, 0.25) is 0 Å². The average Bonchev–Trinajstić information content (AvgIpc) is 2.84. The van der Waals surface area contributed by atoms with Crippen LogP contribution in [0.1, 0.15) is 37.0 Å². The van der Waals surface area contributed by atoms with Crippen molar-refractivity contribution in [1.29, 1.82) is 0 Å². The molecule has 1 aliphatic rings. The van der Waals surface area contributed by atoms with Gasteiger partial charge < -0.3 is 9.64 Å². The van der Waals surface area contributed by atoms with Crippen molar-refractivity contribution in [2.24, 2.45) is 0 Å². The molecule has 0 saturated carbocycles. The maximum absolute atomic E-state index is 12.5. The van der Waals surface area contributed by atoms with Crippen molar-refractivity contribution in [1.82, 2.24) is 4.90 Å². The van der Waals surface area contributed by atoms with E-state index in [1.807, 2.05) is 6.92 Å². The fourth-order valence-electron chi connectivity index (χ4n) is 2.51. The first-order chi connectivity index (χ1) is 9.84. The third-order valence-electron chi connectivity index (χ3n) is 3.57. The molecule has 1 heterocycles. The summed E-state index contributed by atoms with van der Waals surface area (Å²) < 4.78 is 28.6. The fourth-order valence-corrected chi connectivity index (χ4v) is 3.50. The van der Waals surface area contributed by atoms with Crippen molar-refractivity contribution in [2.45, 2.75) is 37.6 Å². The van der Waals surface area contributed by atoms with Gasteiger partial charge in [-0.25, -0.2) is 8.42 Å². The zero-order valence-electron chi connectivity index (χ0n) is 12.0. The highest BCUT2D eigenvalue weighted by Crippen LogP contribution is 2.29. The van der Waals surface area contributed by atoms with Crippen LogP contribution in [0.3, 0.4) is 0 Å². The van der Waals surface area contributed by atoms with Crippen LogP contribution in [-0.2, 0) is 9.05 Å². The van der Waals surface area contributed by atoms with Crippen LogP contribution in [0.15, 0.2) is 23.1 Å². The molecule has 1 aromatic carbocycles. The second-order valence-corrected chi connectivity index (χ2v) is 7.56. The van der Waals surface area contributed by atoms with Crippen LogP contribution in [0.25, 0.3) is 0 Å². The van der Waals surface area contributed by atoms with E-state index >= 15 is 0 Å². The Kier molecular flexibility index (Phi) is 4.78. The van der Waals surface area contributed by atoms with Crippen LogP contribution in [0.4, 0.5) is 0 Å². The molecule has 0 radical (unpaired) electrons. The minimum Gasteiger partial charge on any atom is -0.492 e. The van der Waals surface area contributed by atoms with E-state index in [1.165, 1.54) is 12.1 Å². The summed E-state index contributed by atoms with van der Waals surface area (Å²) in [5.41, 5.74) is 0.312. The molecule has 1 fully saturated rings. The standard InChI is InChI=1S/C14H18ClNO4S/c1-3-20-12-7-6-11(9-13(12)21(15,18)19)14(17)16-8-4-5-10(16)2/h6-7,9-10H,3-5,8H2,1-2H3. The van der Waals surface area contributed by atoms with Crippen LogP contribution in [-0.4, -0.2) is 38.4 Å². The number of ether oxygens (including phenoxy) is 1. The molecule has 0 N–H and O–H groups in total. The highest BCUT2D eigenvalue weighted by molar-refractivity contribution is 8.13. The van der Waals surface area contributed by atoms with Crippen molar-refractivity contribution in [3.8, 4) is 5.75 Å². The van der Waals surface area contributed by atoms with Gasteiger partial charge in [-0.15, -0.1) is 0 Å². The number of benzene rings is 1. The highest BCUT2D eigenvalue weighted by atomic mass is 35.7. The summed E-state index contributed by atoms with van der Waals surface area (Å²) in [6.45, 7) is 4.74. The zero-order chi connectivity index (χ0) is 15.6. The van der Waals surface area contributed by atoms with E-state index < -0.39 is 9.05 Å². The van der Waals surface area contributed by atoms with Gasteiger partial charge in [-0.3, -0.25) is 4.79 Å². The predicted molar refractivity (Wildman–Crippen MR) is 80.4 cm³/mol. The number of carbonyl (C=O) groups is 1. The monoisotopic (exact) mass is 331 g/mol. The summed E-state index contributed by atoms with van der Waals surface area (Å²) in [5, 5.41) is 0. The second kappa shape index (κ2) is 6.23. The van der Waals surface area contributed by atoms with E-state index in [0.717, 1.165) is 12.8 Å². The van der Waals surface area contributed by atoms with Crippen LogP contribution >= 0.6 is 10.7 Å². The quantitative estimate of drug-likeness (QED) is 0.796. The summed E-state index contributed by atoms with van der Waals surface area (Å²) in [6.07, 6.45) is 1.92. The van der Waals surface area contributed by atoms with Gasteiger partial charge in [0.1, 0.15) is 10.6 Å². The third-order valence-corrected chi connectivity index (χ3v) is 4.91. The van der Waals surface area contributed by atoms with Crippen molar-refractivity contribution in [3.05, 3.63) is 23.8 Å². The van der Waals surface area contributed by atoms with E-state index in [0.29, 0.717) is 18.7 Å². The Hall–Kier alpha value is -1.27. The van der Waals surface area contributed by atoms with Gasteiger partial charge in [-0.2, -0.15) is 0 Å². The van der Waals surface area contributed by atoms with E-state index in [4.69, 9.17) is 15.4 Å². The number of carbonyl (C=O) groups excluding carboxylic acids is 1. The van der Waals surface area contributed by atoms with Gasteiger partial charge in [-0.1, -0.05) is 0 Å². The minimum atomic E-state index is -3.97. The highest BCUT2D eigenvalue weighted by Gasteiger charge is 2.27. The lowest BCUT2D eigenvalue weighted by atomic mass is 10.1. The molecule has 1 unspecified atom stereocenters. The number of nitrogens with zero attached hydrogens (tertiary/aromatic N) is 1.